The van der Waals surface area contributed by atoms with Gasteiger partial charge < -0.3 is 22.9 Å². The van der Waals surface area contributed by atoms with Gasteiger partial charge in [-0.2, -0.15) is 0 Å². The molecule has 0 fully saturated rings. The lowest BCUT2D eigenvalue weighted by Gasteiger charge is -2.02. The summed E-state index contributed by atoms with van der Waals surface area (Å²) in [6, 6.07) is 14.7. The van der Waals surface area contributed by atoms with Crippen LogP contribution in [0.1, 0.15) is 0 Å². The van der Waals surface area contributed by atoms with E-state index in [4.69, 9.17) is 16.3 Å². The lowest BCUT2D eigenvalue weighted by atomic mass is 10.1. The first-order valence-corrected chi connectivity index (χ1v) is 5.25. The summed E-state index contributed by atoms with van der Waals surface area (Å²) in [5.74, 6) is 0. The Morgan fingerprint density at radius 2 is 0.889 bits per heavy atom. The van der Waals surface area contributed by atoms with Crippen LogP contribution >= 0.6 is 0 Å². The molecular weight excluding hydrogens is 228 g/mol. The third-order valence-electron chi connectivity index (χ3n) is 2.15. The van der Waals surface area contributed by atoms with Gasteiger partial charge in [-0.25, -0.2) is 4.79 Å². The van der Waals surface area contributed by atoms with Crippen LogP contribution in [-0.2, 0) is 0 Å². The maximum absolute atomic E-state index is 9.00. The van der Waals surface area contributed by atoms with Gasteiger partial charge in [0.2, 0.25) is 0 Å². The van der Waals surface area contributed by atoms with Crippen molar-refractivity contribution in [1.82, 2.24) is 0 Å². The molecule has 0 aliphatic rings. The van der Waals surface area contributed by atoms with Gasteiger partial charge in [0.25, 0.3) is 0 Å². The Morgan fingerprint density at radius 3 is 1.11 bits per heavy atom. The third kappa shape index (κ3) is 4.44. The van der Waals surface area contributed by atoms with Crippen LogP contribution < -0.4 is 22.9 Å². The SMILES string of the molecule is NC(N)=O.Nc1ccc(-c2ccc(N)cc2)cc1. The average Bonchev–Trinajstić information content (AvgIpc) is 2.31. The molecule has 0 atom stereocenters. The second kappa shape index (κ2) is 6.15. The van der Waals surface area contributed by atoms with Crippen molar-refractivity contribution in [3.05, 3.63) is 48.5 Å². The van der Waals surface area contributed by atoms with Crippen molar-refractivity contribution in [2.45, 2.75) is 0 Å². The number of carbonyl (C=O) groups is 1. The van der Waals surface area contributed by atoms with Crippen LogP contribution in [0.3, 0.4) is 0 Å². The first kappa shape index (κ1) is 13.4. The van der Waals surface area contributed by atoms with Crippen molar-refractivity contribution in [2.75, 3.05) is 11.5 Å². The zero-order valence-corrected chi connectivity index (χ0v) is 9.84. The molecule has 2 amide bonds. The zero-order valence-electron chi connectivity index (χ0n) is 9.84. The molecule has 0 heterocycles. The molecule has 2 rings (SSSR count). The standard InChI is InChI=1S/C12H12N2.CH4N2O/c13-11-5-1-9(2-6-11)10-3-7-12(14)8-4-10;2-1(3)4/h1-8H,13-14H2;(H4,2,3,4). The molecular formula is C13H16N4O. The first-order chi connectivity index (χ1) is 8.49. The highest BCUT2D eigenvalue weighted by atomic mass is 16.2. The maximum Gasteiger partial charge on any atom is 0.309 e. The van der Waals surface area contributed by atoms with Crippen LogP contribution in [-0.4, -0.2) is 6.03 Å². The largest absolute Gasteiger partial charge is 0.399 e. The predicted molar refractivity (Wildman–Crippen MR) is 74.5 cm³/mol. The van der Waals surface area contributed by atoms with Crippen molar-refractivity contribution in [3.8, 4) is 11.1 Å². The monoisotopic (exact) mass is 244 g/mol. The Balaban J connectivity index is 0.000000357. The Labute approximate surface area is 105 Å². The van der Waals surface area contributed by atoms with Crippen LogP contribution in [0.4, 0.5) is 16.2 Å². The van der Waals surface area contributed by atoms with Crippen molar-refractivity contribution in [3.63, 3.8) is 0 Å². The minimum Gasteiger partial charge on any atom is -0.399 e. The number of benzene rings is 2. The molecule has 0 saturated carbocycles. The molecule has 0 aromatic heterocycles. The molecule has 2 aromatic rings. The van der Waals surface area contributed by atoms with Gasteiger partial charge in [0, 0.05) is 11.4 Å². The van der Waals surface area contributed by atoms with Crippen molar-refractivity contribution in [2.24, 2.45) is 11.5 Å². The number of nitrogens with two attached hydrogens (primary N) is 4. The average molecular weight is 244 g/mol. The Kier molecular flexibility index (Phi) is 4.57. The van der Waals surface area contributed by atoms with Gasteiger partial charge in [0.1, 0.15) is 0 Å². The van der Waals surface area contributed by atoms with Gasteiger partial charge in [-0.3, -0.25) is 0 Å². The third-order valence-corrected chi connectivity index (χ3v) is 2.15. The number of rotatable bonds is 1. The number of primary amides is 2. The summed E-state index contributed by atoms with van der Waals surface area (Å²) in [5, 5.41) is 0. The fraction of sp³-hybridized carbons (Fsp3) is 0. The number of urea groups is 1. The van der Waals surface area contributed by atoms with E-state index < -0.39 is 6.03 Å². The first-order valence-electron chi connectivity index (χ1n) is 5.25. The highest BCUT2D eigenvalue weighted by Crippen LogP contribution is 2.21. The predicted octanol–water partition coefficient (Wildman–Crippen LogP) is 1.54. The van der Waals surface area contributed by atoms with E-state index in [-0.39, 0.29) is 0 Å². The van der Waals surface area contributed by atoms with Gasteiger partial charge in [-0.15, -0.1) is 0 Å². The summed E-state index contributed by atoms with van der Waals surface area (Å²) in [6.07, 6.45) is 0. The fourth-order valence-corrected chi connectivity index (χ4v) is 1.35. The molecule has 0 spiro atoms. The number of hydrogen-bond donors (Lipinski definition) is 4. The molecule has 0 aliphatic heterocycles. The molecule has 5 heteroatoms. The van der Waals surface area contributed by atoms with E-state index in [1.54, 1.807) is 0 Å². The molecule has 18 heavy (non-hydrogen) atoms. The molecule has 2 aromatic carbocycles. The molecule has 0 saturated heterocycles. The van der Waals surface area contributed by atoms with Crippen LogP contribution in [0, 0.1) is 0 Å². The van der Waals surface area contributed by atoms with E-state index in [2.05, 4.69) is 11.5 Å². The lowest BCUT2D eigenvalue weighted by molar-refractivity contribution is 0.256. The summed E-state index contributed by atoms with van der Waals surface area (Å²) in [7, 11) is 0. The Bertz CT molecular complexity index is 458. The van der Waals surface area contributed by atoms with Gasteiger partial charge in [0.05, 0.1) is 0 Å². The molecule has 8 N–H and O–H groups in total. The van der Waals surface area contributed by atoms with E-state index in [0.717, 1.165) is 22.5 Å². The van der Waals surface area contributed by atoms with Crippen LogP contribution in [0.15, 0.2) is 48.5 Å². The normalized spacial score (nSPS) is 9.11. The fourth-order valence-electron chi connectivity index (χ4n) is 1.35. The number of amides is 2. The second-order valence-corrected chi connectivity index (χ2v) is 3.65. The quantitative estimate of drug-likeness (QED) is 0.569. The van der Waals surface area contributed by atoms with Crippen LogP contribution in [0.2, 0.25) is 0 Å². The number of carbonyl (C=O) groups excluding carboxylic acids is 1. The smallest absolute Gasteiger partial charge is 0.309 e. The summed E-state index contributed by atoms with van der Waals surface area (Å²) < 4.78 is 0. The van der Waals surface area contributed by atoms with E-state index in [1.807, 2.05) is 48.5 Å². The summed E-state index contributed by atoms with van der Waals surface area (Å²) in [5.41, 5.74) is 23.6. The van der Waals surface area contributed by atoms with Crippen LogP contribution in [0.25, 0.3) is 11.1 Å². The Morgan fingerprint density at radius 1 is 0.667 bits per heavy atom. The van der Waals surface area contributed by atoms with Crippen molar-refractivity contribution < 1.29 is 4.79 Å². The van der Waals surface area contributed by atoms with E-state index in [0.29, 0.717) is 0 Å². The number of hydrogen-bond acceptors (Lipinski definition) is 3. The van der Waals surface area contributed by atoms with E-state index in [9.17, 15) is 0 Å². The topological polar surface area (TPSA) is 121 Å². The zero-order chi connectivity index (χ0) is 13.5. The molecule has 0 radical (unpaired) electrons. The van der Waals surface area contributed by atoms with Gasteiger partial charge >= 0.3 is 6.03 Å². The van der Waals surface area contributed by atoms with Gasteiger partial charge in [0.15, 0.2) is 0 Å². The minimum atomic E-state index is -0.833. The highest BCUT2D eigenvalue weighted by molar-refractivity contribution is 5.69. The van der Waals surface area contributed by atoms with Crippen LogP contribution in [0.5, 0.6) is 0 Å². The number of nitrogen functional groups attached to an aromatic ring is 2. The number of anilines is 2. The van der Waals surface area contributed by atoms with Gasteiger partial charge in [-0.05, 0) is 35.4 Å². The maximum atomic E-state index is 9.00. The minimum absolute atomic E-state index is 0.782. The summed E-state index contributed by atoms with van der Waals surface area (Å²) in [6.45, 7) is 0. The summed E-state index contributed by atoms with van der Waals surface area (Å²) in [4.78, 5) is 9.00. The van der Waals surface area contributed by atoms with Gasteiger partial charge in [-0.1, -0.05) is 24.3 Å². The molecule has 94 valence electrons. The van der Waals surface area contributed by atoms with E-state index in [1.165, 1.54) is 0 Å². The second-order valence-electron chi connectivity index (χ2n) is 3.65. The van der Waals surface area contributed by atoms with Crippen molar-refractivity contribution in [1.29, 1.82) is 0 Å². The van der Waals surface area contributed by atoms with E-state index >= 15 is 0 Å². The highest BCUT2D eigenvalue weighted by Gasteiger charge is 1.95. The molecule has 0 unspecified atom stereocenters. The Hall–Kier alpha value is -2.69. The molecule has 0 aliphatic carbocycles. The molecule has 5 nitrogen and oxygen atoms in total. The molecule has 0 bridgehead atoms. The lowest BCUT2D eigenvalue weighted by Crippen LogP contribution is -2.18. The summed E-state index contributed by atoms with van der Waals surface area (Å²) >= 11 is 0. The van der Waals surface area contributed by atoms with Crippen molar-refractivity contribution >= 4 is 17.4 Å².